The lowest BCUT2D eigenvalue weighted by Gasteiger charge is -2.07. The molecule has 0 radical (unpaired) electrons. The summed E-state index contributed by atoms with van der Waals surface area (Å²) in [5.41, 5.74) is 7.04. The van der Waals surface area contributed by atoms with Gasteiger partial charge in [0.15, 0.2) is 5.84 Å². The fourth-order valence-corrected chi connectivity index (χ4v) is 1.66. The van der Waals surface area contributed by atoms with Crippen LogP contribution < -0.4 is 11.6 Å². The monoisotopic (exact) mass is 305 g/mol. The van der Waals surface area contributed by atoms with Crippen molar-refractivity contribution in [1.82, 2.24) is 10.1 Å². The Hall–Kier alpha value is -2.67. The van der Waals surface area contributed by atoms with Gasteiger partial charge in [0.1, 0.15) is 17.3 Å². The van der Waals surface area contributed by atoms with E-state index in [1.807, 2.05) is 13.8 Å². The molecular formula is C15H20FN5O. The van der Waals surface area contributed by atoms with Gasteiger partial charge in [0.2, 0.25) is 0 Å². The first-order valence-corrected chi connectivity index (χ1v) is 6.75. The molecule has 0 amide bonds. The van der Waals surface area contributed by atoms with Gasteiger partial charge in [-0.2, -0.15) is 0 Å². The highest BCUT2D eigenvalue weighted by Gasteiger charge is 2.08. The normalized spacial score (nSPS) is 10.7. The molecule has 22 heavy (non-hydrogen) atoms. The molecule has 1 aromatic carbocycles. The third kappa shape index (κ3) is 4.42. The van der Waals surface area contributed by atoms with E-state index in [4.69, 9.17) is 11.6 Å². The summed E-state index contributed by atoms with van der Waals surface area (Å²) in [6.07, 6.45) is 1.48. The van der Waals surface area contributed by atoms with Gasteiger partial charge in [-0.1, -0.05) is 19.9 Å². The van der Waals surface area contributed by atoms with Crippen LogP contribution in [0.2, 0.25) is 0 Å². The molecule has 2 aromatic rings. The summed E-state index contributed by atoms with van der Waals surface area (Å²) in [7, 11) is 1.53. The molecule has 0 atom stereocenters. The van der Waals surface area contributed by atoms with E-state index in [0.717, 1.165) is 11.2 Å². The van der Waals surface area contributed by atoms with Crippen molar-refractivity contribution in [2.45, 2.75) is 13.8 Å². The van der Waals surface area contributed by atoms with Crippen molar-refractivity contribution in [2.24, 2.45) is 16.7 Å². The van der Waals surface area contributed by atoms with Crippen LogP contribution in [-0.4, -0.2) is 28.1 Å². The summed E-state index contributed by atoms with van der Waals surface area (Å²) in [6, 6.07) is 7.21. The molecule has 0 spiro atoms. The lowest BCUT2D eigenvalue weighted by atomic mass is 10.1. The molecule has 0 aliphatic heterocycles. The number of hydrazine groups is 1. The maximum absolute atomic E-state index is 13.7. The first kappa shape index (κ1) is 17.4. The minimum atomic E-state index is -0.525. The van der Waals surface area contributed by atoms with Crippen molar-refractivity contribution in [3.63, 3.8) is 0 Å². The van der Waals surface area contributed by atoms with Crippen LogP contribution in [0.1, 0.15) is 19.5 Å². The number of benzene rings is 1. The van der Waals surface area contributed by atoms with Gasteiger partial charge >= 0.3 is 0 Å². The van der Waals surface area contributed by atoms with Crippen LogP contribution in [0.3, 0.4) is 0 Å². The fourth-order valence-electron chi connectivity index (χ4n) is 1.66. The number of phenolic OH excluding ortho intramolecular Hbond substituents is 1. The number of hydrogen-bond donors (Lipinski definition) is 3. The summed E-state index contributed by atoms with van der Waals surface area (Å²) in [6.45, 7) is 4.00. The van der Waals surface area contributed by atoms with Gasteiger partial charge in [-0.15, -0.1) is 5.10 Å². The van der Waals surface area contributed by atoms with Crippen molar-refractivity contribution in [3.05, 3.63) is 48.0 Å². The number of nitrogens with zero attached hydrogens (tertiary/aromatic N) is 3. The first-order chi connectivity index (χ1) is 10.5. The fraction of sp³-hybridized carbons (Fsp3) is 0.200. The van der Waals surface area contributed by atoms with Crippen LogP contribution in [0, 0.1) is 5.82 Å². The highest BCUT2D eigenvalue weighted by molar-refractivity contribution is 5.95. The summed E-state index contributed by atoms with van der Waals surface area (Å²) < 4.78 is 13.7. The molecule has 2 rings (SSSR count). The van der Waals surface area contributed by atoms with Crippen molar-refractivity contribution >= 4 is 5.84 Å². The van der Waals surface area contributed by atoms with Crippen molar-refractivity contribution in [2.75, 3.05) is 7.05 Å². The number of rotatable bonds is 3. The Bertz CT molecular complexity index is 641. The van der Waals surface area contributed by atoms with Crippen LogP contribution in [0.4, 0.5) is 4.39 Å². The standard InChI is InChI=1S/C13H14FN5O.C2H6/c1-19(16)18-13(15)12-5-2-8(7-17-12)10-4-3-9(20)6-11(10)14;1-2/h2-7,20H,16H2,1H3,(H2,15,18);1-2H3. The van der Waals surface area contributed by atoms with Crippen LogP contribution in [0.5, 0.6) is 5.75 Å². The van der Waals surface area contributed by atoms with E-state index in [2.05, 4.69) is 10.1 Å². The van der Waals surface area contributed by atoms with E-state index in [0.29, 0.717) is 16.8 Å². The highest BCUT2D eigenvalue weighted by Crippen LogP contribution is 2.25. The van der Waals surface area contributed by atoms with Crippen molar-refractivity contribution < 1.29 is 9.50 Å². The number of pyridine rings is 1. The number of halogens is 1. The second kappa shape index (κ2) is 7.94. The number of amidine groups is 1. The zero-order valence-electron chi connectivity index (χ0n) is 12.8. The van der Waals surface area contributed by atoms with E-state index < -0.39 is 5.82 Å². The van der Waals surface area contributed by atoms with E-state index in [-0.39, 0.29) is 11.6 Å². The average Bonchev–Trinajstić information content (AvgIpc) is 2.49. The molecule has 0 saturated heterocycles. The van der Waals surface area contributed by atoms with Gasteiger partial charge < -0.3 is 10.8 Å². The maximum atomic E-state index is 13.7. The highest BCUT2D eigenvalue weighted by atomic mass is 19.1. The first-order valence-electron chi connectivity index (χ1n) is 6.75. The maximum Gasteiger partial charge on any atom is 0.171 e. The van der Waals surface area contributed by atoms with E-state index in [9.17, 15) is 9.50 Å². The van der Waals surface area contributed by atoms with Gasteiger partial charge in [0, 0.05) is 30.4 Å². The number of hydrazone groups is 1. The zero-order valence-corrected chi connectivity index (χ0v) is 12.8. The zero-order chi connectivity index (χ0) is 16.7. The van der Waals surface area contributed by atoms with E-state index in [1.165, 1.54) is 25.4 Å². The third-order valence-electron chi connectivity index (χ3n) is 2.56. The Labute approximate surface area is 128 Å². The van der Waals surface area contributed by atoms with Crippen molar-refractivity contribution in [3.8, 4) is 16.9 Å². The number of hydrogen-bond acceptors (Lipinski definition) is 5. The Morgan fingerprint density at radius 2 is 1.95 bits per heavy atom. The number of aromatic nitrogens is 1. The van der Waals surface area contributed by atoms with Crippen molar-refractivity contribution in [1.29, 1.82) is 0 Å². The molecule has 5 N–H and O–H groups in total. The second-order valence-electron chi connectivity index (χ2n) is 4.16. The molecule has 0 fully saturated rings. The van der Waals surface area contributed by atoms with E-state index >= 15 is 0 Å². The summed E-state index contributed by atoms with van der Waals surface area (Å²) >= 11 is 0. The molecule has 6 nitrogen and oxygen atoms in total. The SMILES string of the molecule is CC.CN(N)/N=C(\N)c1ccc(-c2ccc(O)cc2F)cn1. The van der Waals surface area contributed by atoms with E-state index in [1.54, 1.807) is 12.1 Å². The second-order valence-corrected chi connectivity index (χ2v) is 4.16. The molecule has 0 unspecified atom stereocenters. The lowest BCUT2D eigenvalue weighted by molar-refractivity contribution is 0.371. The van der Waals surface area contributed by atoms with Crippen LogP contribution in [0.15, 0.2) is 41.6 Å². The van der Waals surface area contributed by atoms with Gasteiger partial charge in [-0.25, -0.2) is 15.4 Å². The molecule has 1 heterocycles. The molecule has 1 aromatic heterocycles. The van der Waals surface area contributed by atoms with Crippen LogP contribution >= 0.6 is 0 Å². The van der Waals surface area contributed by atoms with Crippen LogP contribution in [0.25, 0.3) is 11.1 Å². The summed E-state index contributed by atoms with van der Waals surface area (Å²) in [5.74, 6) is 4.86. The molecule has 0 saturated carbocycles. The Kier molecular flexibility index (Phi) is 6.27. The smallest absolute Gasteiger partial charge is 0.171 e. The minimum Gasteiger partial charge on any atom is -0.508 e. The number of phenols is 1. The molecule has 0 aliphatic carbocycles. The largest absolute Gasteiger partial charge is 0.508 e. The predicted molar refractivity (Wildman–Crippen MR) is 85.3 cm³/mol. The Morgan fingerprint density at radius 1 is 1.27 bits per heavy atom. The molecule has 0 aliphatic rings. The summed E-state index contributed by atoms with van der Waals surface area (Å²) in [4.78, 5) is 4.10. The Balaban J connectivity index is 0.00000116. The predicted octanol–water partition coefficient (Wildman–Crippen LogP) is 2.05. The minimum absolute atomic E-state index is 0.127. The lowest BCUT2D eigenvalue weighted by Crippen LogP contribution is -2.26. The summed E-state index contributed by atoms with van der Waals surface area (Å²) in [5, 5.41) is 14.1. The molecule has 118 valence electrons. The Morgan fingerprint density at radius 3 is 2.45 bits per heavy atom. The molecule has 0 bridgehead atoms. The number of nitrogens with two attached hydrogens (primary N) is 2. The van der Waals surface area contributed by atoms with Gasteiger partial charge in [0.25, 0.3) is 0 Å². The third-order valence-corrected chi connectivity index (χ3v) is 2.56. The number of aromatic hydroxyl groups is 1. The molecular weight excluding hydrogens is 285 g/mol. The van der Waals surface area contributed by atoms with Gasteiger partial charge in [-0.05, 0) is 18.2 Å². The van der Waals surface area contributed by atoms with Crippen LogP contribution in [-0.2, 0) is 0 Å². The van der Waals surface area contributed by atoms with Gasteiger partial charge in [-0.3, -0.25) is 4.98 Å². The average molecular weight is 305 g/mol. The molecule has 7 heteroatoms. The quantitative estimate of drug-likeness (QED) is 0.349. The topological polar surface area (TPSA) is 101 Å². The van der Waals surface area contributed by atoms with Gasteiger partial charge in [0.05, 0.1) is 0 Å².